The van der Waals surface area contributed by atoms with Gasteiger partial charge in [-0.15, -0.1) is 0 Å². The summed E-state index contributed by atoms with van der Waals surface area (Å²) < 4.78 is 26.9. The lowest BCUT2D eigenvalue weighted by molar-refractivity contribution is -0.157. The number of halogens is 2. The largest absolute Gasteiger partial charge is 0.330 e. The Hall–Kier alpha value is -2.85. The summed E-state index contributed by atoms with van der Waals surface area (Å²) in [5.74, 6) is -1.42. The minimum Gasteiger partial charge on any atom is -0.330 e. The zero-order valence-electron chi connectivity index (χ0n) is 27.5. The van der Waals surface area contributed by atoms with E-state index < -0.39 is 32.6 Å². The third-order valence-corrected chi connectivity index (χ3v) is 12.3. The zero-order valence-corrected chi connectivity index (χ0v) is 30.6. The molecular formula is C36H42Cl2N2O5S2. The van der Waals surface area contributed by atoms with Crippen molar-refractivity contribution in [2.45, 2.75) is 70.7 Å². The molecule has 11 heteroatoms. The number of hydrogen-bond donors (Lipinski definition) is 1. The maximum atomic E-state index is 14.9. The molecule has 0 aliphatic carbocycles. The number of thioether (sulfide) groups is 1. The molecule has 4 rings (SSSR count). The third kappa shape index (κ3) is 8.60. The summed E-state index contributed by atoms with van der Waals surface area (Å²) in [7, 11) is -3.57. The Balaban J connectivity index is 1.83. The Kier molecular flexibility index (Phi) is 11.9. The number of nitrogens with zero attached hydrogens (tertiary/aromatic N) is 1. The fourth-order valence-corrected chi connectivity index (χ4v) is 8.41. The molecule has 1 N–H and O–H groups in total. The molecule has 3 aromatic rings. The molecule has 7 nitrogen and oxygen atoms in total. The average Bonchev–Trinajstić information content (AvgIpc) is 3.01. The van der Waals surface area contributed by atoms with Crippen molar-refractivity contribution in [1.29, 1.82) is 0 Å². The molecule has 1 fully saturated rings. The Morgan fingerprint density at radius 2 is 1.60 bits per heavy atom. The molecule has 0 bridgehead atoms. The first-order valence-corrected chi connectivity index (χ1v) is 19.3. The van der Waals surface area contributed by atoms with Crippen LogP contribution in [0.25, 0.3) is 0 Å². The highest BCUT2D eigenvalue weighted by Crippen LogP contribution is 2.52. The van der Waals surface area contributed by atoms with Gasteiger partial charge in [-0.25, -0.2) is 8.42 Å². The summed E-state index contributed by atoms with van der Waals surface area (Å²) in [5, 5.41) is 3.26. The lowest BCUT2D eigenvalue weighted by Gasteiger charge is -2.53. The van der Waals surface area contributed by atoms with Gasteiger partial charge in [0.2, 0.25) is 16.9 Å². The minimum absolute atomic E-state index is 0.0789. The van der Waals surface area contributed by atoms with Crippen LogP contribution in [0.5, 0.6) is 0 Å². The van der Waals surface area contributed by atoms with Crippen molar-refractivity contribution in [3.63, 3.8) is 0 Å². The summed E-state index contributed by atoms with van der Waals surface area (Å²) >= 11 is 13.9. The molecule has 4 atom stereocenters. The number of piperidine rings is 1. The molecule has 1 saturated heterocycles. The molecule has 0 spiro atoms. The number of nitrogens with one attached hydrogen (secondary N) is 1. The van der Waals surface area contributed by atoms with Gasteiger partial charge in [0.25, 0.3) is 0 Å². The van der Waals surface area contributed by atoms with Crippen molar-refractivity contribution in [2.24, 2.45) is 11.3 Å². The second-order valence-corrected chi connectivity index (χ2v) is 17.4. The van der Waals surface area contributed by atoms with E-state index in [1.807, 2.05) is 44.2 Å². The quantitative estimate of drug-likeness (QED) is 0.214. The van der Waals surface area contributed by atoms with Crippen LogP contribution in [0.1, 0.15) is 80.9 Å². The van der Waals surface area contributed by atoms with Crippen LogP contribution in [0.3, 0.4) is 0 Å². The second-order valence-electron chi connectivity index (χ2n) is 13.1. The Bertz CT molecular complexity index is 1710. The Morgan fingerprint density at radius 3 is 2.15 bits per heavy atom. The number of amides is 2. The number of benzene rings is 3. The molecule has 0 saturated carbocycles. The van der Waals surface area contributed by atoms with Gasteiger partial charge in [0.15, 0.2) is 9.84 Å². The molecule has 0 aromatic heterocycles. The van der Waals surface area contributed by atoms with Crippen molar-refractivity contribution < 1.29 is 22.8 Å². The van der Waals surface area contributed by atoms with Gasteiger partial charge in [0.1, 0.15) is 0 Å². The van der Waals surface area contributed by atoms with Crippen LogP contribution in [0, 0.1) is 11.3 Å². The topological polar surface area (TPSA) is 101 Å². The molecule has 2 amide bonds. The molecule has 47 heavy (non-hydrogen) atoms. The van der Waals surface area contributed by atoms with Gasteiger partial charge >= 0.3 is 0 Å². The first-order valence-electron chi connectivity index (χ1n) is 15.6. The fraction of sp³-hybridized carbons (Fsp3) is 0.417. The van der Waals surface area contributed by atoms with Crippen LogP contribution in [0.4, 0.5) is 5.69 Å². The van der Waals surface area contributed by atoms with Gasteiger partial charge < -0.3 is 10.2 Å². The molecule has 1 aliphatic heterocycles. The van der Waals surface area contributed by atoms with E-state index in [0.29, 0.717) is 27.7 Å². The van der Waals surface area contributed by atoms with Gasteiger partial charge in [-0.1, -0.05) is 80.0 Å². The predicted molar refractivity (Wildman–Crippen MR) is 193 cm³/mol. The van der Waals surface area contributed by atoms with Crippen LogP contribution >= 0.6 is 35.0 Å². The van der Waals surface area contributed by atoms with Crippen molar-refractivity contribution in [1.82, 2.24) is 4.90 Å². The predicted octanol–water partition coefficient (Wildman–Crippen LogP) is 8.44. The summed E-state index contributed by atoms with van der Waals surface area (Å²) in [5.41, 5.74) is 1.53. The van der Waals surface area contributed by atoms with Crippen molar-refractivity contribution in [2.75, 3.05) is 17.3 Å². The highest BCUT2D eigenvalue weighted by molar-refractivity contribution is 8.13. The van der Waals surface area contributed by atoms with Crippen LogP contribution in [0.2, 0.25) is 10.0 Å². The first-order chi connectivity index (χ1) is 22.1. The molecule has 3 aromatic carbocycles. The standard InChI is InChI=1S/C36H42Cl2N2O5S2/c1-22(2)31(21-47(44,45)23(3)4)40-33(24-10-14-27(37)15-11-24)30(26-8-7-9-28(38)18-26)19-36(5,35(40)43)20-32(41)39-29-16-12-25(13-17-29)34(42)46-6/h7-18,22-23,30-31,33H,19-21H2,1-6H3,(H,39,41)/t30-,31-,33-,36-/m1/s1. The lowest BCUT2D eigenvalue weighted by Crippen LogP contribution is -2.59. The lowest BCUT2D eigenvalue weighted by atomic mass is 9.66. The molecule has 1 aliphatic rings. The van der Waals surface area contributed by atoms with Crippen molar-refractivity contribution >= 4 is 67.4 Å². The highest BCUT2D eigenvalue weighted by Gasteiger charge is 2.53. The number of carbonyl (C=O) groups is 3. The third-order valence-electron chi connectivity index (χ3n) is 8.98. The zero-order chi connectivity index (χ0) is 34.7. The van der Waals surface area contributed by atoms with E-state index in [4.69, 9.17) is 23.2 Å². The number of anilines is 1. The maximum absolute atomic E-state index is 14.9. The van der Waals surface area contributed by atoms with Crippen LogP contribution < -0.4 is 5.32 Å². The SMILES string of the molecule is CSC(=O)c1ccc(NC(=O)C[C@@]2(C)C[C@H](c3cccc(Cl)c3)[C@@H](c3ccc(Cl)cc3)N([C@H](CS(=O)(=O)C(C)C)C(C)C)C2=O)cc1. The van der Waals surface area contributed by atoms with E-state index >= 15 is 0 Å². The van der Waals surface area contributed by atoms with E-state index in [2.05, 4.69) is 5.32 Å². The second kappa shape index (κ2) is 15.1. The average molecular weight is 718 g/mol. The van der Waals surface area contributed by atoms with Crippen molar-refractivity contribution in [3.05, 3.63) is 99.5 Å². The summed E-state index contributed by atoms with van der Waals surface area (Å²) in [6.45, 7) is 8.92. The van der Waals surface area contributed by atoms with E-state index in [0.717, 1.165) is 22.9 Å². The molecule has 1 heterocycles. The smallest absolute Gasteiger partial charge is 0.229 e. The van der Waals surface area contributed by atoms with Gasteiger partial charge in [-0.2, -0.15) is 0 Å². The number of rotatable bonds is 11. The summed E-state index contributed by atoms with van der Waals surface area (Å²) in [6.07, 6.45) is 1.88. The van der Waals surface area contributed by atoms with Gasteiger partial charge in [0.05, 0.1) is 22.5 Å². The Morgan fingerprint density at radius 1 is 0.957 bits per heavy atom. The molecule has 0 unspecified atom stereocenters. The number of sulfone groups is 1. The summed E-state index contributed by atoms with van der Waals surface area (Å²) in [6, 6.07) is 20.2. The first kappa shape index (κ1) is 37.0. The van der Waals surface area contributed by atoms with Crippen LogP contribution in [-0.2, 0) is 19.4 Å². The van der Waals surface area contributed by atoms with Crippen molar-refractivity contribution in [3.8, 4) is 0 Å². The van der Waals surface area contributed by atoms with E-state index in [1.54, 1.807) is 74.4 Å². The number of carbonyl (C=O) groups excluding carboxylic acids is 3. The van der Waals surface area contributed by atoms with Gasteiger partial charge in [-0.3, -0.25) is 14.4 Å². The van der Waals surface area contributed by atoms with E-state index in [-0.39, 0.29) is 40.9 Å². The maximum Gasteiger partial charge on any atom is 0.229 e. The molecule has 0 radical (unpaired) electrons. The normalized spacial score (nSPS) is 20.8. The van der Waals surface area contributed by atoms with Crippen LogP contribution in [-0.4, -0.2) is 53.5 Å². The molecule has 252 valence electrons. The van der Waals surface area contributed by atoms with E-state index in [1.165, 1.54) is 0 Å². The monoisotopic (exact) mass is 716 g/mol. The summed E-state index contributed by atoms with van der Waals surface area (Å²) in [4.78, 5) is 42.4. The van der Waals surface area contributed by atoms with Gasteiger partial charge in [0, 0.05) is 39.7 Å². The van der Waals surface area contributed by atoms with E-state index in [9.17, 15) is 22.8 Å². The van der Waals surface area contributed by atoms with Gasteiger partial charge in [-0.05, 0) is 92.1 Å². The minimum atomic E-state index is -3.57. The fourth-order valence-electron chi connectivity index (χ4n) is 6.30. The van der Waals surface area contributed by atoms with Crippen LogP contribution in [0.15, 0.2) is 72.8 Å². The Labute approximate surface area is 292 Å². The number of likely N-dealkylation sites (tertiary alicyclic amines) is 1. The number of hydrogen-bond acceptors (Lipinski definition) is 6. The highest BCUT2D eigenvalue weighted by atomic mass is 35.5. The molecular weight excluding hydrogens is 675 g/mol.